The number of hydrogen-bond acceptors (Lipinski definition) is 4. The molecule has 1 aliphatic heterocycles. The van der Waals surface area contributed by atoms with E-state index < -0.39 is 0 Å². The van der Waals surface area contributed by atoms with Gasteiger partial charge in [-0.15, -0.1) is 0 Å². The van der Waals surface area contributed by atoms with Crippen LogP contribution in [0, 0.1) is 17.8 Å². The van der Waals surface area contributed by atoms with Crippen molar-refractivity contribution < 1.29 is 19.0 Å². The summed E-state index contributed by atoms with van der Waals surface area (Å²) in [5.74, 6) is 3.39. The number of methoxy groups -OCH3 is 1. The Labute approximate surface area is 135 Å². The molecule has 1 saturated carbocycles. The molecule has 1 fully saturated rings. The van der Waals surface area contributed by atoms with E-state index in [9.17, 15) is 4.79 Å². The van der Waals surface area contributed by atoms with Gasteiger partial charge in [0.2, 0.25) is 5.91 Å². The number of amides is 1. The third kappa shape index (κ3) is 2.64. The molecule has 3 atom stereocenters. The Kier molecular flexibility index (Phi) is 3.63. The van der Waals surface area contributed by atoms with E-state index in [0.29, 0.717) is 48.8 Å². The average Bonchev–Trinajstić information content (AvgIpc) is 3.22. The molecular weight excluding hydrogens is 294 g/mol. The van der Waals surface area contributed by atoms with Crippen LogP contribution in [0.1, 0.15) is 18.4 Å². The normalized spacial score (nSPS) is 27.1. The van der Waals surface area contributed by atoms with Crippen molar-refractivity contribution in [3.63, 3.8) is 0 Å². The maximum absolute atomic E-state index is 12.5. The number of nitrogens with one attached hydrogen (secondary N) is 1. The minimum atomic E-state index is 0.119. The van der Waals surface area contributed by atoms with Gasteiger partial charge in [-0.1, -0.05) is 12.2 Å². The first kappa shape index (κ1) is 14.4. The highest BCUT2D eigenvalue weighted by molar-refractivity contribution is 5.80. The molecule has 0 saturated heterocycles. The Morgan fingerprint density at radius 1 is 1.22 bits per heavy atom. The SMILES string of the molecule is COc1cc2c(cc1CNC(=O)[C@@H]1C[C@@H]3C=C[C@H]1C3)OCCO2. The van der Waals surface area contributed by atoms with Gasteiger partial charge in [0.1, 0.15) is 19.0 Å². The van der Waals surface area contributed by atoms with Crippen LogP contribution in [0.15, 0.2) is 24.3 Å². The van der Waals surface area contributed by atoms with Gasteiger partial charge in [-0.2, -0.15) is 0 Å². The molecule has 1 amide bonds. The van der Waals surface area contributed by atoms with Crippen molar-refractivity contribution in [3.05, 3.63) is 29.8 Å². The van der Waals surface area contributed by atoms with E-state index in [-0.39, 0.29) is 11.8 Å². The number of ether oxygens (including phenoxy) is 3. The monoisotopic (exact) mass is 315 g/mol. The number of carbonyl (C=O) groups excluding carboxylic acids is 1. The molecule has 1 N–H and O–H groups in total. The van der Waals surface area contributed by atoms with E-state index in [1.54, 1.807) is 7.11 Å². The van der Waals surface area contributed by atoms with Crippen LogP contribution in [-0.4, -0.2) is 26.2 Å². The standard InChI is InChI=1S/C18H21NO4/c1-21-15-9-17-16(22-4-5-23-17)8-13(15)10-19-18(20)14-7-11-2-3-12(14)6-11/h2-3,8-9,11-12,14H,4-7,10H2,1H3,(H,19,20)/t11-,12+,14-/m1/s1. The molecule has 1 heterocycles. The molecular formula is C18H21NO4. The smallest absolute Gasteiger partial charge is 0.223 e. The highest BCUT2D eigenvalue weighted by Crippen LogP contribution is 2.43. The molecule has 2 bridgehead atoms. The zero-order valence-electron chi connectivity index (χ0n) is 13.2. The van der Waals surface area contributed by atoms with Gasteiger partial charge in [0.05, 0.1) is 7.11 Å². The molecule has 5 heteroatoms. The molecule has 0 aromatic heterocycles. The highest BCUT2D eigenvalue weighted by Gasteiger charge is 2.39. The summed E-state index contributed by atoms with van der Waals surface area (Å²) >= 11 is 0. The van der Waals surface area contributed by atoms with Gasteiger partial charge in [-0.05, 0) is 30.7 Å². The first-order chi connectivity index (χ1) is 11.2. The predicted molar refractivity (Wildman–Crippen MR) is 84.7 cm³/mol. The number of rotatable bonds is 4. The van der Waals surface area contributed by atoms with E-state index >= 15 is 0 Å². The largest absolute Gasteiger partial charge is 0.496 e. The van der Waals surface area contributed by atoms with Crippen molar-refractivity contribution in [3.8, 4) is 17.2 Å². The Bertz CT molecular complexity index is 655. The molecule has 1 aromatic carbocycles. The van der Waals surface area contributed by atoms with Crippen LogP contribution < -0.4 is 19.5 Å². The van der Waals surface area contributed by atoms with Crippen LogP contribution in [0.5, 0.6) is 17.2 Å². The fourth-order valence-corrected chi connectivity index (χ4v) is 3.84. The van der Waals surface area contributed by atoms with Crippen LogP contribution in [0.25, 0.3) is 0 Å². The first-order valence-corrected chi connectivity index (χ1v) is 8.17. The summed E-state index contributed by atoms with van der Waals surface area (Å²) in [5.41, 5.74) is 0.906. The first-order valence-electron chi connectivity index (χ1n) is 8.17. The van der Waals surface area contributed by atoms with Gasteiger partial charge in [-0.25, -0.2) is 0 Å². The van der Waals surface area contributed by atoms with E-state index in [1.165, 1.54) is 0 Å². The third-order valence-corrected chi connectivity index (χ3v) is 5.01. The summed E-state index contributed by atoms with van der Waals surface area (Å²) in [5, 5.41) is 3.06. The maximum Gasteiger partial charge on any atom is 0.223 e. The van der Waals surface area contributed by atoms with Gasteiger partial charge >= 0.3 is 0 Å². The molecule has 5 nitrogen and oxygen atoms in total. The fraction of sp³-hybridized carbons (Fsp3) is 0.500. The molecule has 0 radical (unpaired) electrons. The number of fused-ring (bicyclic) bond motifs is 3. The van der Waals surface area contributed by atoms with Gasteiger partial charge in [0.15, 0.2) is 11.5 Å². The summed E-state index contributed by atoms with van der Waals surface area (Å²) in [6.45, 7) is 1.53. The molecule has 1 aromatic rings. The van der Waals surface area contributed by atoms with Crippen LogP contribution in [0.4, 0.5) is 0 Å². The van der Waals surface area contributed by atoms with E-state index in [4.69, 9.17) is 14.2 Å². The van der Waals surface area contributed by atoms with Crippen molar-refractivity contribution >= 4 is 5.91 Å². The second-order valence-electron chi connectivity index (χ2n) is 6.41. The highest BCUT2D eigenvalue weighted by atomic mass is 16.6. The molecule has 0 spiro atoms. The zero-order valence-corrected chi connectivity index (χ0v) is 13.2. The number of carbonyl (C=O) groups is 1. The Balaban J connectivity index is 1.46. The summed E-state index contributed by atoms with van der Waals surface area (Å²) < 4.78 is 16.6. The lowest BCUT2D eigenvalue weighted by atomic mass is 9.93. The number of allylic oxidation sites excluding steroid dienone is 2. The van der Waals surface area contributed by atoms with Crippen molar-refractivity contribution in [2.45, 2.75) is 19.4 Å². The summed E-state index contributed by atoms with van der Waals surface area (Å²) in [6, 6.07) is 3.73. The molecule has 0 unspecified atom stereocenters. The molecule has 4 rings (SSSR count). The lowest BCUT2D eigenvalue weighted by Crippen LogP contribution is -2.32. The quantitative estimate of drug-likeness (QED) is 0.866. The molecule has 122 valence electrons. The minimum Gasteiger partial charge on any atom is -0.496 e. The Morgan fingerprint density at radius 2 is 2.00 bits per heavy atom. The van der Waals surface area contributed by atoms with Gasteiger partial charge in [0, 0.05) is 24.1 Å². The van der Waals surface area contributed by atoms with Gasteiger partial charge in [-0.3, -0.25) is 4.79 Å². The van der Waals surface area contributed by atoms with E-state index in [1.807, 2.05) is 12.1 Å². The molecule has 2 aliphatic carbocycles. The lowest BCUT2D eigenvalue weighted by Gasteiger charge is -2.22. The number of hydrogen-bond donors (Lipinski definition) is 1. The second kappa shape index (κ2) is 5.80. The van der Waals surface area contributed by atoms with Crippen molar-refractivity contribution in [2.75, 3.05) is 20.3 Å². The average molecular weight is 315 g/mol. The Hall–Kier alpha value is -2.17. The third-order valence-electron chi connectivity index (χ3n) is 5.01. The van der Waals surface area contributed by atoms with Gasteiger partial charge in [0.25, 0.3) is 0 Å². The van der Waals surface area contributed by atoms with Crippen LogP contribution in [-0.2, 0) is 11.3 Å². The zero-order chi connectivity index (χ0) is 15.8. The van der Waals surface area contributed by atoms with E-state index in [0.717, 1.165) is 18.4 Å². The number of benzene rings is 1. The summed E-state index contributed by atoms with van der Waals surface area (Å²) in [4.78, 5) is 12.5. The maximum atomic E-state index is 12.5. The Morgan fingerprint density at radius 3 is 2.65 bits per heavy atom. The fourth-order valence-electron chi connectivity index (χ4n) is 3.84. The van der Waals surface area contributed by atoms with Crippen molar-refractivity contribution in [1.82, 2.24) is 5.32 Å². The molecule has 23 heavy (non-hydrogen) atoms. The van der Waals surface area contributed by atoms with E-state index in [2.05, 4.69) is 17.5 Å². The molecule has 3 aliphatic rings. The van der Waals surface area contributed by atoms with Crippen LogP contribution in [0.3, 0.4) is 0 Å². The minimum absolute atomic E-state index is 0.119. The summed E-state index contributed by atoms with van der Waals surface area (Å²) in [7, 11) is 1.62. The predicted octanol–water partition coefficient (Wildman–Crippen LogP) is 2.29. The lowest BCUT2D eigenvalue weighted by molar-refractivity contribution is -0.125. The van der Waals surface area contributed by atoms with Gasteiger partial charge < -0.3 is 19.5 Å². The second-order valence-corrected chi connectivity index (χ2v) is 6.41. The van der Waals surface area contributed by atoms with Crippen molar-refractivity contribution in [2.24, 2.45) is 17.8 Å². The van der Waals surface area contributed by atoms with Crippen LogP contribution >= 0.6 is 0 Å². The topological polar surface area (TPSA) is 56.8 Å². The van der Waals surface area contributed by atoms with Crippen LogP contribution in [0.2, 0.25) is 0 Å². The van der Waals surface area contributed by atoms with Crippen molar-refractivity contribution in [1.29, 1.82) is 0 Å². The summed E-state index contributed by atoms with van der Waals surface area (Å²) in [6.07, 6.45) is 6.55.